The van der Waals surface area contributed by atoms with Crippen molar-refractivity contribution in [3.63, 3.8) is 0 Å². The van der Waals surface area contributed by atoms with E-state index in [4.69, 9.17) is 0 Å². The highest BCUT2D eigenvalue weighted by Crippen LogP contribution is 2.24. The second kappa shape index (κ2) is 8.93. The Morgan fingerprint density at radius 1 is 1.00 bits per heavy atom. The monoisotopic (exact) mass is 376 g/mol. The molecule has 0 saturated carbocycles. The van der Waals surface area contributed by atoms with Crippen LogP contribution in [0.4, 0.5) is 4.79 Å². The summed E-state index contributed by atoms with van der Waals surface area (Å²) in [5.74, 6) is 0. The van der Waals surface area contributed by atoms with Crippen LogP contribution in [0.25, 0.3) is 10.9 Å². The molecule has 1 atom stereocenters. The van der Waals surface area contributed by atoms with Crippen LogP contribution >= 0.6 is 0 Å². The van der Waals surface area contributed by atoms with E-state index in [-0.39, 0.29) is 12.1 Å². The summed E-state index contributed by atoms with van der Waals surface area (Å²) in [4.78, 5) is 18.1. The van der Waals surface area contributed by atoms with E-state index in [1.54, 1.807) is 0 Å². The van der Waals surface area contributed by atoms with E-state index in [1.807, 2.05) is 24.4 Å². The van der Waals surface area contributed by atoms with Crippen molar-refractivity contribution in [1.82, 2.24) is 20.5 Å². The van der Waals surface area contributed by atoms with Crippen molar-refractivity contribution in [2.75, 3.05) is 26.2 Å². The molecule has 2 heterocycles. The van der Waals surface area contributed by atoms with Gasteiger partial charge in [0.05, 0.1) is 6.04 Å². The van der Waals surface area contributed by atoms with Gasteiger partial charge in [-0.05, 0) is 49.5 Å². The third-order valence-corrected chi connectivity index (χ3v) is 5.58. The van der Waals surface area contributed by atoms with Crippen LogP contribution < -0.4 is 10.6 Å². The van der Waals surface area contributed by atoms with Gasteiger partial charge in [0.1, 0.15) is 0 Å². The first-order chi connectivity index (χ1) is 13.8. The number of hydrogen-bond acceptors (Lipinski definition) is 2. The maximum Gasteiger partial charge on any atom is 0.314 e. The molecular weight excluding hydrogens is 348 g/mol. The van der Waals surface area contributed by atoms with E-state index in [1.165, 1.54) is 29.4 Å². The fraction of sp³-hybridized carbons (Fsp3) is 0.348. The molecule has 1 aromatic heterocycles. The third-order valence-electron chi connectivity index (χ3n) is 5.58. The molecule has 28 heavy (non-hydrogen) atoms. The Balaban J connectivity index is 1.29. The molecule has 1 saturated heterocycles. The fourth-order valence-corrected chi connectivity index (χ4v) is 4.09. The second-order valence-corrected chi connectivity index (χ2v) is 7.42. The van der Waals surface area contributed by atoms with Crippen LogP contribution in [0.3, 0.4) is 0 Å². The molecule has 3 aromatic rings. The molecule has 0 bridgehead atoms. The number of aromatic amines is 1. The summed E-state index contributed by atoms with van der Waals surface area (Å²) in [5.41, 5.74) is 3.64. The Labute approximate surface area is 166 Å². The van der Waals surface area contributed by atoms with Crippen molar-refractivity contribution < 1.29 is 4.79 Å². The van der Waals surface area contributed by atoms with Crippen LogP contribution in [0.5, 0.6) is 0 Å². The summed E-state index contributed by atoms with van der Waals surface area (Å²) < 4.78 is 0. The van der Waals surface area contributed by atoms with Gasteiger partial charge in [-0.1, -0.05) is 48.5 Å². The number of benzene rings is 2. The van der Waals surface area contributed by atoms with E-state index in [0.717, 1.165) is 25.0 Å². The number of amides is 2. The maximum atomic E-state index is 12.3. The lowest BCUT2D eigenvalue weighted by Crippen LogP contribution is -2.42. The number of hydrogen-bond donors (Lipinski definition) is 3. The van der Waals surface area contributed by atoms with Gasteiger partial charge in [-0.25, -0.2) is 4.79 Å². The van der Waals surface area contributed by atoms with E-state index in [2.05, 4.69) is 56.9 Å². The largest absolute Gasteiger partial charge is 0.361 e. The lowest BCUT2D eigenvalue weighted by Gasteiger charge is -2.28. The van der Waals surface area contributed by atoms with Crippen LogP contribution in [0.15, 0.2) is 60.8 Å². The van der Waals surface area contributed by atoms with Crippen molar-refractivity contribution >= 4 is 16.9 Å². The highest BCUT2D eigenvalue weighted by molar-refractivity contribution is 5.83. The predicted molar refractivity (Wildman–Crippen MR) is 113 cm³/mol. The average Bonchev–Trinajstić information content (AvgIpc) is 3.40. The van der Waals surface area contributed by atoms with Crippen LogP contribution in [-0.4, -0.2) is 42.1 Å². The van der Waals surface area contributed by atoms with E-state index in [0.29, 0.717) is 13.1 Å². The normalized spacial score (nSPS) is 15.6. The summed E-state index contributed by atoms with van der Waals surface area (Å²) in [6, 6.07) is 18.9. The molecule has 1 aliphatic heterocycles. The average molecular weight is 377 g/mol. The first-order valence-electron chi connectivity index (χ1n) is 10.2. The Kier molecular flexibility index (Phi) is 5.92. The topological polar surface area (TPSA) is 60.2 Å². The number of rotatable bonds is 7. The number of nitrogens with one attached hydrogen (secondary N) is 3. The quantitative estimate of drug-likeness (QED) is 0.587. The summed E-state index contributed by atoms with van der Waals surface area (Å²) in [6.07, 6.45) is 5.31. The van der Waals surface area contributed by atoms with Gasteiger partial charge in [0.2, 0.25) is 0 Å². The zero-order valence-electron chi connectivity index (χ0n) is 16.2. The molecule has 1 fully saturated rings. The van der Waals surface area contributed by atoms with Crippen molar-refractivity contribution in [1.29, 1.82) is 0 Å². The Morgan fingerprint density at radius 3 is 2.57 bits per heavy atom. The summed E-state index contributed by atoms with van der Waals surface area (Å²) in [7, 11) is 0. The molecule has 0 radical (unpaired) electrons. The summed E-state index contributed by atoms with van der Waals surface area (Å²) in [5, 5.41) is 7.30. The number of carbonyl (C=O) groups excluding carboxylic acids is 1. The van der Waals surface area contributed by atoms with Crippen molar-refractivity contribution in [2.24, 2.45) is 0 Å². The zero-order valence-corrected chi connectivity index (χ0v) is 16.2. The molecule has 5 heteroatoms. The SMILES string of the molecule is O=C(NCCc1c[nH]c2ccccc12)NCC(c1ccccc1)N1CCCC1. The Morgan fingerprint density at radius 2 is 1.75 bits per heavy atom. The number of H-pyrrole nitrogens is 1. The molecule has 146 valence electrons. The Bertz CT molecular complexity index is 899. The first-order valence-corrected chi connectivity index (χ1v) is 10.2. The highest BCUT2D eigenvalue weighted by atomic mass is 16.2. The van der Waals surface area contributed by atoms with Crippen LogP contribution in [0.2, 0.25) is 0 Å². The van der Waals surface area contributed by atoms with Gasteiger partial charge >= 0.3 is 6.03 Å². The van der Waals surface area contributed by atoms with Crippen LogP contribution in [-0.2, 0) is 6.42 Å². The molecule has 1 unspecified atom stereocenters. The number of nitrogens with zero attached hydrogens (tertiary/aromatic N) is 1. The first kappa shape index (κ1) is 18.6. The molecule has 0 aliphatic carbocycles. The van der Waals surface area contributed by atoms with E-state index in [9.17, 15) is 4.79 Å². The summed E-state index contributed by atoms with van der Waals surface area (Å²) in [6.45, 7) is 3.45. The molecular formula is C23H28N4O. The second-order valence-electron chi connectivity index (χ2n) is 7.42. The molecule has 2 aromatic carbocycles. The summed E-state index contributed by atoms with van der Waals surface area (Å²) >= 11 is 0. The molecule has 2 amide bonds. The molecule has 0 spiro atoms. The number of para-hydroxylation sites is 1. The lowest BCUT2D eigenvalue weighted by atomic mass is 10.1. The minimum absolute atomic E-state index is 0.0973. The Hall–Kier alpha value is -2.79. The van der Waals surface area contributed by atoms with E-state index < -0.39 is 0 Å². The zero-order chi connectivity index (χ0) is 19.2. The molecule has 1 aliphatic rings. The fourth-order valence-electron chi connectivity index (χ4n) is 4.09. The van der Waals surface area contributed by atoms with Gasteiger partial charge in [-0.15, -0.1) is 0 Å². The molecule has 4 rings (SSSR count). The number of likely N-dealkylation sites (tertiary alicyclic amines) is 1. The molecule has 5 nitrogen and oxygen atoms in total. The van der Waals surface area contributed by atoms with Gasteiger partial charge in [-0.2, -0.15) is 0 Å². The lowest BCUT2D eigenvalue weighted by molar-refractivity contribution is 0.221. The van der Waals surface area contributed by atoms with Gasteiger partial charge in [0.25, 0.3) is 0 Å². The molecule has 3 N–H and O–H groups in total. The van der Waals surface area contributed by atoms with Gasteiger partial charge in [0, 0.05) is 30.2 Å². The minimum atomic E-state index is -0.0973. The minimum Gasteiger partial charge on any atom is -0.361 e. The van der Waals surface area contributed by atoms with Crippen LogP contribution in [0.1, 0.15) is 30.0 Å². The maximum absolute atomic E-state index is 12.3. The highest BCUT2D eigenvalue weighted by Gasteiger charge is 2.23. The standard InChI is InChI=1S/C23H28N4O/c28-23(24-13-12-19-16-25-21-11-5-4-10-20(19)21)26-17-22(27-14-6-7-15-27)18-8-2-1-3-9-18/h1-5,8-11,16,22,25H,6-7,12-15,17H2,(H2,24,26,28). The smallest absolute Gasteiger partial charge is 0.314 e. The van der Waals surface area contributed by atoms with E-state index >= 15 is 0 Å². The van der Waals surface area contributed by atoms with Crippen molar-refractivity contribution in [2.45, 2.75) is 25.3 Å². The van der Waals surface area contributed by atoms with Crippen molar-refractivity contribution in [3.8, 4) is 0 Å². The number of aromatic nitrogens is 1. The van der Waals surface area contributed by atoms with Gasteiger partial charge in [0.15, 0.2) is 0 Å². The van der Waals surface area contributed by atoms with Crippen molar-refractivity contribution in [3.05, 3.63) is 71.9 Å². The van der Waals surface area contributed by atoms with Gasteiger partial charge < -0.3 is 15.6 Å². The van der Waals surface area contributed by atoms with Gasteiger partial charge in [-0.3, -0.25) is 4.90 Å². The number of fused-ring (bicyclic) bond motifs is 1. The number of urea groups is 1. The predicted octanol–water partition coefficient (Wildman–Crippen LogP) is 3.85. The van der Waals surface area contributed by atoms with Crippen LogP contribution in [0, 0.1) is 0 Å². The number of carbonyl (C=O) groups is 1. The third kappa shape index (κ3) is 4.37.